The zero-order chi connectivity index (χ0) is 15.4. The molecule has 5 nitrogen and oxygen atoms in total. The van der Waals surface area contributed by atoms with Crippen molar-refractivity contribution in [2.75, 3.05) is 20.1 Å². The average molecular weight is 289 g/mol. The zero-order valence-electron chi connectivity index (χ0n) is 13.0. The lowest BCUT2D eigenvalue weighted by molar-refractivity contribution is 0.0697. The van der Waals surface area contributed by atoms with Crippen molar-refractivity contribution in [2.24, 2.45) is 0 Å². The van der Waals surface area contributed by atoms with E-state index >= 15 is 0 Å². The van der Waals surface area contributed by atoms with Crippen LogP contribution in [0.5, 0.6) is 0 Å². The number of aromatic nitrogens is 2. The summed E-state index contributed by atoms with van der Waals surface area (Å²) in [5, 5.41) is 9.09. The standard InChI is InChI=1S/C16H23N3O2/c1-4-6-15-17-13-11-12(16(20)21)7-8-14(13)19(15)10-9-18(3)5-2/h7-8,11H,4-6,9-10H2,1-3H3,(H,20,21). The molecule has 1 aromatic carbocycles. The summed E-state index contributed by atoms with van der Waals surface area (Å²) >= 11 is 0. The number of imidazole rings is 1. The molecule has 2 aromatic rings. The van der Waals surface area contributed by atoms with Crippen molar-refractivity contribution < 1.29 is 9.90 Å². The minimum atomic E-state index is -0.908. The molecule has 1 N–H and O–H groups in total. The summed E-state index contributed by atoms with van der Waals surface area (Å²) < 4.78 is 2.22. The predicted octanol–water partition coefficient (Wildman–Crippen LogP) is 2.64. The van der Waals surface area contributed by atoms with Crippen molar-refractivity contribution in [1.82, 2.24) is 14.5 Å². The molecular formula is C16H23N3O2. The maximum absolute atomic E-state index is 11.1. The van der Waals surface area contributed by atoms with Crippen LogP contribution in [-0.2, 0) is 13.0 Å². The molecule has 2 rings (SSSR count). The van der Waals surface area contributed by atoms with E-state index in [-0.39, 0.29) is 0 Å². The first-order valence-electron chi connectivity index (χ1n) is 7.47. The summed E-state index contributed by atoms with van der Waals surface area (Å²) in [6.45, 7) is 7.11. The molecule has 0 amide bonds. The van der Waals surface area contributed by atoms with Gasteiger partial charge in [-0.05, 0) is 38.2 Å². The lowest BCUT2D eigenvalue weighted by Gasteiger charge is -2.16. The van der Waals surface area contributed by atoms with Crippen molar-refractivity contribution in [3.8, 4) is 0 Å². The van der Waals surface area contributed by atoms with E-state index in [1.165, 1.54) is 0 Å². The first-order chi connectivity index (χ1) is 10.1. The van der Waals surface area contributed by atoms with Gasteiger partial charge in [-0.2, -0.15) is 0 Å². The lowest BCUT2D eigenvalue weighted by atomic mass is 10.2. The Morgan fingerprint density at radius 3 is 2.76 bits per heavy atom. The van der Waals surface area contributed by atoms with Gasteiger partial charge in [0.1, 0.15) is 5.82 Å². The Morgan fingerprint density at radius 2 is 2.14 bits per heavy atom. The van der Waals surface area contributed by atoms with E-state index in [0.717, 1.165) is 49.3 Å². The number of aryl methyl sites for hydroxylation is 1. The summed E-state index contributed by atoms with van der Waals surface area (Å²) in [5.41, 5.74) is 2.09. The second-order valence-electron chi connectivity index (χ2n) is 5.33. The third-order valence-electron chi connectivity index (χ3n) is 3.79. The second-order valence-corrected chi connectivity index (χ2v) is 5.33. The number of hydrogen-bond donors (Lipinski definition) is 1. The van der Waals surface area contributed by atoms with E-state index in [4.69, 9.17) is 5.11 Å². The van der Waals surface area contributed by atoms with Gasteiger partial charge in [-0.25, -0.2) is 9.78 Å². The van der Waals surface area contributed by atoms with Crippen molar-refractivity contribution in [1.29, 1.82) is 0 Å². The number of rotatable bonds is 7. The molecule has 0 saturated carbocycles. The van der Waals surface area contributed by atoms with Gasteiger partial charge >= 0.3 is 5.97 Å². The number of fused-ring (bicyclic) bond motifs is 1. The van der Waals surface area contributed by atoms with E-state index < -0.39 is 5.97 Å². The van der Waals surface area contributed by atoms with E-state index in [9.17, 15) is 4.79 Å². The van der Waals surface area contributed by atoms with E-state index in [1.54, 1.807) is 12.1 Å². The SMILES string of the molecule is CCCc1nc2cc(C(=O)O)ccc2n1CCN(C)CC. The van der Waals surface area contributed by atoms with Crippen molar-refractivity contribution >= 4 is 17.0 Å². The number of likely N-dealkylation sites (N-methyl/N-ethyl adjacent to an activating group) is 1. The Balaban J connectivity index is 2.39. The van der Waals surface area contributed by atoms with Gasteiger partial charge in [0, 0.05) is 19.5 Å². The Labute approximate surface area is 125 Å². The molecular weight excluding hydrogens is 266 g/mol. The highest BCUT2D eigenvalue weighted by Gasteiger charge is 2.13. The summed E-state index contributed by atoms with van der Waals surface area (Å²) in [7, 11) is 2.10. The Kier molecular flexibility index (Phi) is 4.96. The summed E-state index contributed by atoms with van der Waals surface area (Å²) in [4.78, 5) is 18.0. The number of aromatic carboxylic acids is 1. The highest BCUT2D eigenvalue weighted by Crippen LogP contribution is 2.19. The molecule has 114 valence electrons. The molecule has 0 saturated heterocycles. The third kappa shape index (κ3) is 3.42. The molecule has 0 bridgehead atoms. The quantitative estimate of drug-likeness (QED) is 0.851. The first kappa shape index (κ1) is 15.5. The number of carboxylic acids is 1. The first-order valence-corrected chi connectivity index (χ1v) is 7.47. The molecule has 1 heterocycles. The Morgan fingerprint density at radius 1 is 1.38 bits per heavy atom. The molecule has 0 fully saturated rings. The highest BCUT2D eigenvalue weighted by atomic mass is 16.4. The van der Waals surface area contributed by atoms with Crippen molar-refractivity contribution in [3.05, 3.63) is 29.6 Å². The van der Waals surface area contributed by atoms with Gasteiger partial charge < -0.3 is 14.6 Å². The summed E-state index contributed by atoms with van der Waals surface area (Å²) in [5.74, 6) is 0.133. The summed E-state index contributed by atoms with van der Waals surface area (Å²) in [6, 6.07) is 5.19. The Hall–Kier alpha value is -1.88. The molecule has 1 aromatic heterocycles. The van der Waals surface area contributed by atoms with Crippen LogP contribution in [0, 0.1) is 0 Å². The Bertz CT molecular complexity index is 634. The minimum Gasteiger partial charge on any atom is -0.478 e. The maximum atomic E-state index is 11.1. The predicted molar refractivity (Wildman–Crippen MR) is 83.9 cm³/mol. The van der Waals surface area contributed by atoms with Crippen molar-refractivity contribution in [2.45, 2.75) is 33.2 Å². The van der Waals surface area contributed by atoms with E-state index in [1.807, 2.05) is 6.07 Å². The molecule has 0 aliphatic carbocycles. The fraction of sp³-hybridized carbons (Fsp3) is 0.500. The molecule has 0 atom stereocenters. The van der Waals surface area contributed by atoms with Gasteiger partial charge in [0.15, 0.2) is 0 Å². The number of carboxylic acid groups (broad SMARTS) is 1. The van der Waals surface area contributed by atoms with Gasteiger partial charge in [0.2, 0.25) is 0 Å². The van der Waals surface area contributed by atoms with E-state index in [2.05, 4.69) is 35.3 Å². The second kappa shape index (κ2) is 6.72. The average Bonchev–Trinajstić information content (AvgIpc) is 2.81. The number of hydrogen-bond acceptors (Lipinski definition) is 3. The van der Waals surface area contributed by atoms with Gasteiger partial charge in [0.25, 0.3) is 0 Å². The molecule has 21 heavy (non-hydrogen) atoms. The third-order valence-corrected chi connectivity index (χ3v) is 3.79. The van der Waals surface area contributed by atoms with Gasteiger partial charge in [0.05, 0.1) is 16.6 Å². The van der Waals surface area contributed by atoms with Crippen LogP contribution < -0.4 is 0 Å². The molecule has 0 unspecified atom stereocenters. The zero-order valence-corrected chi connectivity index (χ0v) is 13.0. The molecule has 5 heteroatoms. The topological polar surface area (TPSA) is 58.4 Å². The van der Waals surface area contributed by atoms with Gasteiger partial charge in [-0.15, -0.1) is 0 Å². The largest absolute Gasteiger partial charge is 0.478 e. The fourth-order valence-electron chi connectivity index (χ4n) is 2.41. The van der Waals surface area contributed by atoms with Crippen LogP contribution in [0.1, 0.15) is 36.5 Å². The van der Waals surface area contributed by atoms with Crippen LogP contribution in [0.4, 0.5) is 0 Å². The highest BCUT2D eigenvalue weighted by molar-refractivity contribution is 5.92. The lowest BCUT2D eigenvalue weighted by Crippen LogP contribution is -2.23. The van der Waals surface area contributed by atoms with Crippen LogP contribution in [0.2, 0.25) is 0 Å². The van der Waals surface area contributed by atoms with Crippen molar-refractivity contribution in [3.63, 3.8) is 0 Å². The summed E-state index contributed by atoms with van der Waals surface area (Å²) in [6.07, 6.45) is 1.94. The number of nitrogens with zero attached hydrogens (tertiary/aromatic N) is 3. The minimum absolute atomic E-state index is 0.292. The maximum Gasteiger partial charge on any atom is 0.335 e. The van der Waals surface area contributed by atoms with Crippen LogP contribution in [0.15, 0.2) is 18.2 Å². The number of carbonyl (C=O) groups is 1. The molecule has 0 spiro atoms. The van der Waals surface area contributed by atoms with Gasteiger partial charge in [-0.3, -0.25) is 0 Å². The number of benzene rings is 1. The monoisotopic (exact) mass is 289 g/mol. The van der Waals surface area contributed by atoms with E-state index in [0.29, 0.717) is 5.56 Å². The molecule has 0 radical (unpaired) electrons. The molecule has 0 aliphatic rings. The van der Waals surface area contributed by atoms with Crippen LogP contribution in [-0.4, -0.2) is 45.7 Å². The normalized spacial score (nSPS) is 11.4. The fourth-order valence-corrected chi connectivity index (χ4v) is 2.41. The van der Waals surface area contributed by atoms with Crippen LogP contribution in [0.3, 0.4) is 0 Å². The molecule has 0 aliphatic heterocycles. The van der Waals surface area contributed by atoms with Crippen LogP contribution >= 0.6 is 0 Å². The van der Waals surface area contributed by atoms with Gasteiger partial charge in [-0.1, -0.05) is 13.8 Å². The van der Waals surface area contributed by atoms with Crippen LogP contribution in [0.25, 0.3) is 11.0 Å². The smallest absolute Gasteiger partial charge is 0.335 e.